The van der Waals surface area contributed by atoms with E-state index in [-0.39, 0.29) is 17.4 Å². The van der Waals surface area contributed by atoms with Gasteiger partial charge in [0, 0.05) is 10.4 Å². The molecule has 0 aliphatic heterocycles. The molecule has 0 aromatic heterocycles. The molecule has 0 saturated carbocycles. The van der Waals surface area contributed by atoms with Crippen LogP contribution in [0.25, 0.3) is 0 Å². The van der Waals surface area contributed by atoms with Crippen molar-refractivity contribution in [1.29, 1.82) is 0 Å². The van der Waals surface area contributed by atoms with Crippen LogP contribution in [0.1, 0.15) is 49.9 Å². The zero-order valence-corrected chi connectivity index (χ0v) is 13.4. The molecule has 0 saturated heterocycles. The Bertz CT molecular complexity index is 482. The molecule has 2 N–H and O–H groups in total. The third kappa shape index (κ3) is 4.63. The van der Waals surface area contributed by atoms with Gasteiger partial charge in [-0.1, -0.05) is 26.7 Å². The molecule has 1 aromatic carbocycles. The first-order valence-electron chi connectivity index (χ1n) is 6.83. The van der Waals surface area contributed by atoms with Gasteiger partial charge < -0.3 is 10.4 Å². The molecule has 5 heteroatoms. The Balaban J connectivity index is 2.81. The largest absolute Gasteiger partial charge is 0.478 e. The molecule has 0 fully saturated rings. The van der Waals surface area contributed by atoms with Gasteiger partial charge in [-0.2, -0.15) is 0 Å². The first-order valence-corrected chi connectivity index (χ1v) is 7.62. The number of rotatable bonds is 7. The third-order valence-electron chi connectivity index (χ3n) is 3.12. The van der Waals surface area contributed by atoms with Crippen molar-refractivity contribution >= 4 is 33.5 Å². The lowest BCUT2D eigenvalue weighted by atomic mass is 9.97. The zero-order chi connectivity index (χ0) is 15.1. The maximum absolute atomic E-state index is 12.2. The minimum absolute atomic E-state index is 0.00234. The SMILES string of the molecule is CCCC(CCC)C(=O)Nc1ccc(C(=O)O)cc1Br. The van der Waals surface area contributed by atoms with E-state index in [2.05, 4.69) is 35.1 Å². The number of carboxylic acids is 1. The van der Waals surface area contributed by atoms with E-state index in [1.54, 1.807) is 6.07 Å². The van der Waals surface area contributed by atoms with Crippen molar-refractivity contribution in [3.05, 3.63) is 28.2 Å². The molecule has 110 valence electrons. The molecule has 1 rings (SSSR count). The molecule has 20 heavy (non-hydrogen) atoms. The van der Waals surface area contributed by atoms with E-state index in [1.807, 2.05) is 0 Å². The van der Waals surface area contributed by atoms with Crippen LogP contribution >= 0.6 is 15.9 Å². The summed E-state index contributed by atoms with van der Waals surface area (Å²) in [5.41, 5.74) is 0.797. The molecule has 0 heterocycles. The van der Waals surface area contributed by atoms with Crippen LogP contribution in [-0.2, 0) is 4.79 Å². The Hall–Kier alpha value is -1.36. The van der Waals surface area contributed by atoms with E-state index in [9.17, 15) is 9.59 Å². The summed E-state index contributed by atoms with van der Waals surface area (Å²) in [5.74, 6) is -0.980. The first kappa shape index (κ1) is 16.7. The van der Waals surface area contributed by atoms with Gasteiger partial charge in [0.15, 0.2) is 0 Å². The summed E-state index contributed by atoms with van der Waals surface area (Å²) in [6.45, 7) is 4.13. The van der Waals surface area contributed by atoms with E-state index in [1.165, 1.54) is 12.1 Å². The van der Waals surface area contributed by atoms with E-state index >= 15 is 0 Å². The molecule has 0 aliphatic rings. The van der Waals surface area contributed by atoms with Crippen molar-refractivity contribution in [3.8, 4) is 0 Å². The fraction of sp³-hybridized carbons (Fsp3) is 0.467. The molecular formula is C15H20BrNO3. The maximum Gasteiger partial charge on any atom is 0.335 e. The van der Waals surface area contributed by atoms with Crippen molar-refractivity contribution in [1.82, 2.24) is 0 Å². The topological polar surface area (TPSA) is 66.4 Å². The molecule has 0 atom stereocenters. The van der Waals surface area contributed by atoms with Crippen molar-refractivity contribution in [2.45, 2.75) is 39.5 Å². The van der Waals surface area contributed by atoms with Gasteiger partial charge in [-0.3, -0.25) is 4.79 Å². The fourth-order valence-electron chi connectivity index (χ4n) is 2.09. The molecule has 0 aliphatic carbocycles. The van der Waals surface area contributed by atoms with Gasteiger partial charge >= 0.3 is 5.97 Å². The second-order valence-corrected chi connectivity index (χ2v) is 5.62. The average Bonchev–Trinajstić information content (AvgIpc) is 2.40. The number of aromatic carboxylic acids is 1. The molecule has 1 amide bonds. The molecule has 0 radical (unpaired) electrons. The molecule has 0 unspecified atom stereocenters. The minimum atomic E-state index is -0.988. The fourth-order valence-corrected chi connectivity index (χ4v) is 2.57. The average molecular weight is 342 g/mol. The van der Waals surface area contributed by atoms with Crippen molar-refractivity contribution in [2.75, 3.05) is 5.32 Å². The van der Waals surface area contributed by atoms with Crippen LogP contribution in [0.5, 0.6) is 0 Å². The van der Waals surface area contributed by atoms with Gasteiger partial charge in [0.2, 0.25) is 5.91 Å². The van der Waals surface area contributed by atoms with Crippen molar-refractivity contribution in [3.63, 3.8) is 0 Å². The molecular weight excluding hydrogens is 322 g/mol. The Kier molecular flexibility index (Phi) is 6.71. The lowest BCUT2D eigenvalue weighted by Gasteiger charge is -2.16. The van der Waals surface area contributed by atoms with E-state index in [4.69, 9.17) is 5.11 Å². The number of hydrogen-bond acceptors (Lipinski definition) is 2. The molecule has 0 bridgehead atoms. The van der Waals surface area contributed by atoms with E-state index in [0.29, 0.717) is 10.2 Å². The van der Waals surface area contributed by atoms with Gasteiger partial charge in [-0.25, -0.2) is 4.79 Å². The van der Waals surface area contributed by atoms with Gasteiger partial charge in [0.1, 0.15) is 0 Å². The zero-order valence-electron chi connectivity index (χ0n) is 11.8. The summed E-state index contributed by atoms with van der Waals surface area (Å²) in [4.78, 5) is 23.1. The summed E-state index contributed by atoms with van der Waals surface area (Å²) in [6, 6.07) is 4.59. The van der Waals surface area contributed by atoms with Gasteiger partial charge in [-0.15, -0.1) is 0 Å². The lowest BCUT2D eigenvalue weighted by molar-refractivity contribution is -0.120. The minimum Gasteiger partial charge on any atom is -0.478 e. The third-order valence-corrected chi connectivity index (χ3v) is 3.78. The van der Waals surface area contributed by atoms with Crippen molar-refractivity contribution in [2.24, 2.45) is 5.92 Å². The Morgan fingerprint density at radius 1 is 1.25 bits per heavy atom. The summed E-state index contributed by atoms with van der Waals surface area (Å²) in [6.07, 6.45) is 3.67. The normalized spacial score (nSPS) is 10.6. The second-order valence-electron chi connectivity index (χ2n) is 4.76. The predicted molar refractivity (Wildman–Crippen MR) is 83.0 cm³/mol. The van der Waals surface area contributed by atoms with Gasteiger partial charge in [-0.05, 0) is 47.0 Å². The number of anilines is 1. The number of halogens is 1. The number of nitrogens with one attached hydrogen (secondary N) is 1. The standard InChI is InChI=1S/C15H20BrNO3/c1-3-5-10(6-4-2)14(18)17-13-8-7-11(15(19)20)9-12(13)16/h7-10H,3-6H2,1-2H3,(H,17,18)(H,19,20). The number of benzene rings is 1. The summed E-state index contributed by atoms with van der Waals surface area (Å²) in [5, 5.41) is 11.8. The maximum atomic E-state index is 12.2. The second kappa shape index (κ2) is 8.04. The number of carboxylic acid groups (broad SMARTS) is 1. The Morgan fingerprint density at radius 2 is 1.85 bits per heavy atom. The highest BCUT2D eigenvalue weighted by molar-refractivity contribution is 9.10. The van der Waals surface area contributed by atoms with Crippen LogP contribution in [0.2, 0.25) is 0 Å². The Labute approximate surface area is 127 Å². The van der Waals surface area contributed by atoms with Crippen LogP contribution in [0.3, 0.4) is 0 Å². The summed E-state index contributed by atoms with van der Waals surface area (Å²) in [7, 11) is 0. The van der Waals surface area contributed by atoms with E-state index < -0.39 is 5.97 Å². The Morgan fingerprint density at radius 3 is 2.30 bits per heavy atom. The summed E-state index contributed by atoms with van der Waals surface area (Å²) < 4.78 is 0.581. The van der Waals surface area contributed by atoms with Gasteiger partial charge in [0.05, 0.1) is 11.3 Å². The summed E-state index contributed by atoms with van der Waals surface area (Å²) >= 11 is 3.29. The lowest BCUT2D eigenvalue weighted by Crippen LogP contribution is -2.23. The molecule has 0 spiro atoms. The quantitative estimate of drug-likeness (QED) is 0.776. The van der Waals surface area contributed by atoms with E-state index in [0.717, 1.165) is 25.7 Å². The predicted octanol–water partition coefficient (Wildman–Crippen LogP) is 4.30. The van der Waals surface area contributed by atoms with Crippen LogP contribution in [0, 0.1) is 5.92 Å². The molecule has 1 aromatic rings. The smallest absolute Gasteiger partial charge is 0.335 e. The number of hydrogen-bond donors (Lipinski definition) is 2. The van der Waals surface area contributed by atoms with Crippen LogP contribution in [0.15, 0.2) is 22.7 Å². The highest BCUT2D eigenvalue weighted by atomic mass is 79.9. The first-order chi connectivity index (χ1) is 9.49. The van der Waals surface area contributed by atoms with Crippen LogP contribution in [-0.4, -0.2) is 17.0 Å². The molecule has 4 nitrogen and oxygen atoms in total. The number of carbonyl (C=O) groups is 2. The van der Waals surface area contributed by atoms with Gasteiger partial charge in [0.25, 0.3) is 0 Å². The number of amides is 1. The highest BCUT2D eigenvalue weighted by Gasteiger charge is 2.18. The van der Waals surface area contributed by atoms with Crippen LogP contribution in [0.4, 0.5) is 5.69 Å². The monoisotopic (exact) mass is 341 g/mol. The number of carbonyl (C=O) groups excluding carboxylic acids is 1. The van der Waals surface area contributed by atoms with Crippen LogP contribution < -0.4 is 5.32 Å². The highest BCUT2D eigenvalue weighted by Crippen LogP contribution is 2.25. The van der Waals surface area contributed by atoms with Crippen molar-refractivity contribution < 1.29 is 14.7 Å².